The van der Waals surface area contributed by atoms with E-state index in [0.29, 0.717) is 0 Å². The van der Waals surface area contributed by atoms with Gasteiger partial charge in [0.15, 0.2) is 5.65 Å². The minimum Gasteiger partial charge on any atom is -0.381 e. The van der Waals surface area contributed by atoms with Gasteiger partial charge in [-0.05, 0) is 50.3 Å². The summed E-state index contributed by atoms with van der Waals surface area (Å²) in [5, 5.41) is 8.99. The van der Waals surface area contributed by atoms with Crippen LogP contribution >= 0.6 is 0 Å². The van der Waals surface area contributed by atoms with Crippen LogP contribution < -0.4 is 5.32 Å². The van der Waals surface area contributed by atoms with Crippen LogP contribution in [0.15, 0.2) is 12.3 Å². The van der Waals surface area contributed by atoms with Crippen molar-refractivity contribution in [1.29, 1.82) is 0 Å². The highest BCUT2D eigenvalue weighted by atomic mass is 16.5. The van der Waals surface area contributed by atoms with E-state index >= 15 is 0 Å². The lowest BCUT2D eigenvalue weighted by atomic mass is 10.2. The molecule has 2 aromatic rings. The van der Waals surface area contributed by atoms with Crippen molar-refractivity contribution >= 4 is 11.0 Å². The zero-order valence-corrected chi connectivity index (χ0v) is 12.9. The van der Waals surface area contributed by atoms with Crippen LogP contribution in [0.5, 0.6) is 0 Å². The number of hydrogen-bond acceptors (Lipinski definition) is 4. The summed E-state index contributed by atoms with van der Waals surface area (Å²) in [4.78, 5) is 4.49. The number of pyridine rings is 1. The quantitative estimate of drug-likeness (QED) is 0.757. The molecule has 1 aliphatic carbocycles. The molecule has 0 aliphatic heterocycles. The fourth-order valence-electron chi connectivity index (χ4n) is 2.51. The molecule has 1 saturated carbocycles. The van der Waals surface area contributed by atoms with Crippen LogP contribution in [0.25, 0.3) is 11.0 Å². The maximum atomic E-state index is 5.62. The molecule has 0 aromatic carbocycles. The average Bonchev–Trinajstić information content (AvgIpc) is 3.25. The second-order valence-electron chi connectivity index (χ2n) is 5.97. The van der Waals surface area contributed by atoms with Gasteiger partial charge in [-0.2, -0.15) is 5.10 Å². The summed E-state index contributed by atoms with van der Waals surface area (Å²) in [6.45, 7) is 5.68. The first-order valence-electron chi connectivity index (χ1n) is 7.81. The van der Waals surface area contributed by atoms with Crippen LogP contribution in [-0.4, -0.2) is 34.5 Å². The van der Waals surface area contributed by atoms with Crippen molar-refractivity contribution in [3.8, 4) is 0 Å². The molecular formula is C16H24N4O. The molecule has 1 fully saturated rings. The van der Waals surface area contributed by atoms with Gasteiger partial charge < -0.3 is 10.1 Å². The smallest absolute Gasteiger partial charge is 0.157 e. The summed E-state index contributed by atoms with van der Waals surface area (Å²) < 4.78 is 7.46. The lowest BCUT2D eigenvalue weighted by Crippen LogP contribution is -2.16. The molecule has 3 rings (SSSR count). The summed E-state index contributed by atoms with van der Waals surface area (Å²) in [6, 6.07) is 2.18. The third-order valence-electron chi connectivity index (χ3n) is 3.94. The van der Waals surface area contributed by atoms with Crippen LogP contribution in [0, 0.1) is 12.8 Å². The Labute approximate surface area is 125 Å². The topological polar surface area (TPSA) is 52.0 Å². The van der Waals surface area contributed by atoms with Gasteiger partial charge in [-0.3, -0.25) is 4.68 Å². The number of rotatable bonds is 8. The first-order valence-corrected chi connectivity index (χ1v) is 7.81. The first-order chi connectivity index (χ1) is 10.2. The zero-order valence-electron chi connectivity index (χ0n) is 12.9. The third kappa shape index (κ3) is 3.80. The molecule has 2 heterocycles. The van der Waals surface area contributed by atoms with E-state index in [1.165, 1.54) is 18.4 Å². The number of aromatic nitrogens is 3. The molecule has 1 N–H and O–H groups in total. The van der Waals surface area contributed by atoms with Crippen molar-refractivity contribution in [1.82, 2.24) is 20.1 Å². The summed E-state index contributed by atoms with van der Waals surface area (Å²) >= 11 is 0. The van der Waals surface area contributed by atoms with Gasteiger partial charge in [0.1, 0.15) is 0 Å². The summed E-state index contributed by atoms with van der Waals surface area (Å²) in [5.41, 5.74) is 3.19. The highest BCUT2D eigenvalue weighted by Crippen LogP contribution is 2.28. The second-order valence-corrected chi connectivity index (χ2v) is 5.97. The van der Waals surface area contributed by atoms with Crippen molar-refractivity contribution < 1.29 is 4.74 Å². The van der Waals surface area contributed by atoms with E-state index in [2.05, 4.69) is 21.5 Å². The number of hydrogen-bond donors (Lipinski definition) is 1. The predicted molar refractivity (Wildman–Crippen MR) is 83.1 cm³/mol. The van der Waals surface area contributed by atoms with Gasteiger partial charge in [0.25, 0.3) is 0 Å². The van der Waals surface area contributed by atoms with Crippen molar-refractivity contribution in [2.24, 2.45) is 13.0 Å². The summed E-state index contributed by atoms with van der Waals surface area (Å²) in [6.07, 6.45) is 5.72. The van der Waals surface area contributed by atoms with Gasteiger partial charge in [-0.25, -0.2) is 4.98 Å². The number of nitrogens with zero attached hydrogens (tertiary/aromatic N) is 3. The van der Waals surface area contributed by atoms with Crippen LogP contribution in [0.4, 0.5) is 0 Å². The van der Waals surface area contributed by atoms with Gasteiger partial charge in [-0.1, -0.05) is 0 Å². The normalized spacial score (nSPS) is 15.0. The van der Waals surface area contributed by atoms with Gasteiger partial charge >= 0.3 is 0 Å². The molecule has 5 heteroatoms. The standard InChI is InChI=1S/C16H24N4O/c1-12-15-8-14(10-18-16(15)20(2)19-12)9-17-6-3-7-21-11-13-4-5-13/h8,10,13,17H,3-7,9,11H2,1-2H3. The maximum absolute atomic E-state index is 5.62. The highest BCUT2D eigenvalue weighted by molar-refractivity contribution is 5.78. The molecule has 114 valence electrons. The van der Waals surface area contributed by atoms with E-state index in [9.17, 15) is 0 Å². The lowest BCUT2D eigenvalue weighted by Gasteiger charge is -2.06. The van der Waals surface area contributed by atoms with Gasteiger partial charge in [-0.15, -0.1) is 0 Å². The molecule has 2 aromatic heterocycles. The SMILES string of the molecule is Cc1nn(C)c2ncc(CNCCCOCC3CC3)cc12. The molecular weight excluding hydrogens is 264 g/mol. The minimum absolute atomic E-state index is 0.847. The fraction of sp³-hybridized carbons (Fsp3) is 0.625. The third-order valence-corrected chi connectivity index (χ3v) is 3.94. The zero-order chi connectivity index (χ0) is 14.7. The highest BCUT2D eigenvalue weighted by Gasteiger charge is 2.20. The predicted octanol–water partition coefficient (Wildman–Crippen LogP) is 2.18. The molecule has 21 heavy (non-hydrogen) atoms. The molecule has 0 atom stereocenters. The van der Waals surface area contributed by atoms with Gasteiger partial charge in [0.05, 0.1) is 5.69 Å². The van der Waals surface area contributed by atoms with E-state index in [1.807, 2.05) is 24.9 Å². The Morgan fingerprint density at radius 2 is 2.29 bits per heavy atom. The molecule has 1 aliphatic rings. The molecule has 5 nitrogen and oxygen atoms in total. The maximum Gasteiger partial charge on any atom is 0.157 e. The number of fused-ring (bicyclic) bond motifs is 1. The van der Waals surface area contributed by atoms with E-state index in [0.717, 1.165) is 55.4 Å². The molecule has 0 amide bonds. The second kappa shape index (κ2) is 6.54. The van der Waals surface area contributed by atoms with Crippen molar-refractivity contribution in [2.45, 2.75) is 32.7 Å². The van der Waals surface area contributed by atoms with E-state index in [1.54, 1.807) is 0 Å². The largest absolute Gasteiger partial charge is 0.381 e. The van der Waals surface area contributed by atoms with E-state index in [4.69, 9.17) is 4.74 Å². The number of aryl methyl sites for hydroxylation is 2. The summed E-state index contributed by atoms with van der Waals surface area (Å²) in [7, 11) is 1.93. The lowest BCUT2D eigenvalue weighted by molar-refractivity contribution is 0.122. The Balaban J connectivity index is 1.41. The Hall–Kier alpha value is -1.46. The van der Waals surface area contributed by atoms with Crippen LogP contribution in [0.3, 0.4) is 0 Å². The number of ether oxygens (including phenoxy) is 1. The summed E-state index contributed by atoms with van der Waals surface area (Å²) in [5.74, 6) is 0.860. The van der Waals surface area contributed by atoms with E-state index < -0.39 is 0 Å². The molecule has 0 radical (unpaired) electrons. The molecule has 0 unspecified atom stereocenters. The monoisotopic (exact) mass is 288 g/mol. The Bertz CT molecular complexity index is 604. The van der Waals surface area contributed by atoms with Crippen molar-refractivity contribution in [2.75, 3.05) is 19.8 Å². The van der Waals surface area contributed by atoms with Crippen LogP contribution in [0.1, 0.15) is 30.5 Å². The van der Waals surface area contributed by atoms with Gasteiger partial charge in [0, 0.05) is 38.4 Å². The average molecular weight is 288 g/mol. The Morgan fingerprint density at radius 3 is 3.10 bits per heavy atom. The van der Waals surface area contributed by atoms with Gasteiger partial charge in [0.2, 0.25) is 0 Å². The Morgan fingerprint density at radius 1 is 1.43 bits per heavy atom. The van der Waals surface area contributed by atoms with Crippen LogP contribution in [-0.2, 0) is 18.3 Å². The molecule has 0 bridgehead atoms. The van der Waals surface area contributed by atoms with Crippen molar-refractivity contribution in [3.05, 3.63) is 23.5 Å². The number of nitrogens with one attached hydrogen (secondary N) is 1. The molecule has 0 spiro atoms. The minimum atomic E-state index is 0.847. The van der Waals surface area contributed by atoms with Crippen molar-refractivity contribution in [3.63, 3.8) is 0 Å². The Kier molecular flexibility index (Phi) is 4.51. The first kappa shape index (κ1) is 14.5. The molecule has 0 saturated heterocycles. The fourth-order valence-corrected chi connectivity index (χ4v) is 2.51. The van der Waals surface area contributed by atoms with Crippen LogP contribution in [0.2, 0.25) is 0 Å². The van der Waals surface area contributed by atoms with E-state index in [-0.39, 0.29) is 0 Å².